The van der Waals surface area contributed by atoms with Crippen molar-refractivity contribution in [2.75, 3.05) is 14.2 Å². The van der Waals surface area contributed by atoms with Crippen LogP contribution in [0.1, 0.15) is 12.1 Å². The fourth-order valence-electron chi connectivity index (χ4n) is 1.73. The molecule has 10 heteroatoms. The Labute approximate surface area is 113 Å². The Balaban J connectivity index is 2.47. The molecule has 0 spiro atoms. The van der Waals surface area contributed by atoms with E-state index in [9.17, 15) is 9.59 Å². The van der Waals surface area contributed by atoms with Crippen molar-refractivity contribution in [2.45, 2.75) is 12.1 Å². The third kappa shape index (κ3) is 2.48. The van der Waals surface area contributed by atoms with E-state index in [4.69, 9.17) is 9.47 Å². The predicted octanol–water partition coefficient (Wildman–Crippen LogP) is -1.00. The number of carbonyl (C=O) groups is 2. The van der Waals surface area contributed by atoms with Crippen molar-refractivity contribution in [3.05, 3.63) is 25.3 Å². The lowest BCUT2D eigenvalue weighted by Gasteiger charge is -2.22. The summed E-state index contributed by atoms with van der Waals surface area (Å²) in [6, 6.07) is -2.20. The van der Waals surface area contributed by atoms with E-state index in [2.05, 4.69) is 20.2 Å². The van der Waals surface area contributed by atoms with E-state index in [0.717, 1.165) is 0 Å². The Kier molecular flexibility index (Phi) is 4.03. The molecule has 0 N–H and O–H groups in total. The van der Waals surface area contributed by atoms with Gasteiger partial charge in [0.1, 0.15) is 25.3 Å². The van der Waals surface area contributed by atoms with Crippen LogP contribution in [0.4, 0.5) is 0 Å². The second kappa shape index (κ2) is 5.91. The van der Waals surface area contributed by atoms with E-state index in [1.54, 1.807) is 0 Å². The van der Waals surface area contributed by atoms with Gasteiger partial charge in [-0.05, 0) is 0 Å². The van der Waals surface area contributed by atoms with E-state index >= 15 is 0 Å². The smallest absolute Gasteiger partial charge is 0.333 e. The summed E-state index contributed by atoms with van der Waals surface area (Å²) in [5.41, 5.74) is 0. The van der Waals surface area contributed by atoms with Crippen LogP contribution in [0.25, 0.3) is 0 Å². The maximum absolute atomic E-state index is 12.0. The van der Waals surface area contributed by atoms with Crippen molar-refractivity contribution in [1.29, 1.82) is 0 Å². The van der Waals surface area contributed by atoms with Crippen molar-refractivity contribution in [3.63, 3.8) is 0 Å². The SMILES string of the molecule is COC(=O)C(C(C(=O)OC)n1cncn1)n1cncn1. The molecule has 0 aliphatic heterocycles. The molecule has 20 heavy (non-hydrogen) atoms. The van der Waals surface area contributed by atoms with Crippen molar-refractivity contribution < 1.29 is 19.1 Å². The second-order valence-electron chi connectivity index (χ2n) is 3.69. The van der Waals surface area contributed by atoms with Gasteiger partial charge in [-0.15, -0.1) is 0 Å². The van der Waals surface area contributed by atoms with Crippen LogP contribution in [0.3, 0.4) is 0 Å². The first-order valence-corrected chi connectivity index (χ1v) is 5.53. The summed E-state index contributed by atoms with van der Waals surface area (Å²) in [5, 5.41) is 7.74. The van der Waals surface area contributed by atoms with Crippen molar-refractivity contribution in [3.8, 4) is 0 Å². The predicted molar refractivity (Wildman–Crippen MR) is 62.2 cm³/mol. The van der Waals surface area contributed by atoms with Crippen LogP contribution in [-0.4, -0.2) is 55.7 Å². The highest BCUT2D eigenvalue weighted by atomic mass is 16.5. The molecule has 0 amide bonds. The van der Waals surface area contributed by atoms with E-state index in [1.807, 2.05) is 0 Å². The molecule has 0 aliphatic rings. The molecule has 10 nitrogen and oxygen atoms in total. The third-order valence-electron chi connectivity index (χ3n) is 2.63. The summed E-state index contributed by atoms with van der Waals surface area (Å²) < 4.78 is 11.8. The molecule has 0 radical (unpaired) electrons. The molecular weight excluding hydrogens is 268 g/mol. The lowest BCUT2D eigenvalue weighted by molar-refractivity contribution is -0.156. The zero-order valence-corrected chi connectivity index (χ0v) is 10.8. The van der Waals surface area contributed by atoms with Gasteiger partial charge < -0.3 is 9.47 Å². The highest BCUT2D eigenvalue weighted by Crippen LogP contribution is 2.24. The van der Waals surface area contributed by atoms with E-state index in [0.29, 0.717) is 0 Å². The first-order valence-electron chi connectivity index (χ1n) is 5.53. The van der Waals surface area contributed by atoms with Gasteiger partial charge in [-0.1, -0.05) is 0 Å². The summed E-state index contributed by atoms with van der Waals surface area (Å²) in [6.07, 6.45) is 5.08. The second-order valence-corrected chi connectivity index (χ2v) is 3.69. The number of rotatable bonds is 5. The number of carbonyl (C=O) groups excluding carboxylic acids is 2. The molecule has 2 atom stereocenters. The minimum Gasteiger partial charge on any atom is -0.467 e. The van der Waals surface area contributed by atoms with Crippen LogP contribution in [0.2, 0.25) is 0 Å². The normalized spacial score (nSPS) is 13.5. The first-order chi connectivity index (χ1) is 9.69. The number of hydrogen-bond donors (Lipinski definition) is 0. The average molecular weight is 280 g/mol. The van der Waals surface area contributed by atoms with Crippen LogP contribution in [-0.2, 0) is 19.1 Å². The van der Waals surface area contributed by atoms with E-state index in [-0.39, 0.29) is 0 Å². The van der Waals surface area contributed by atoms with Crippen molar-refractivity contribution in [1.82, 2.24) is 29.5 Å². The standard InChI is InChI=1S/C10H12N6O4/c1-19-9(17)7(15-5-11-3-13-15)8(10(18)20-2)16-6-12-4-14-16/h3-8H,1-2H3. The van der Waals surface area contributed by atoms with Gasteiger partial charge in [0, 0.05) is 0 Å². The minimum atomic E-state index is -1.10. The van der Waals surface area contributed by atoms with Crippen molar-refractivity contribution >= 4 is 11.9 Å². The number of aromatic nitrogens is 6. The Morgan fingerprint density at radius 2 is 1.30 bits per heavy atom. The molecule has 2 heterocycles. The Morgan fingerprint density at radius 1 is 0.900 bits per heavy atom. The van der Waals surface area contributed by atoms with Gasteiger partial charge in [-0.25, -0.2) is 28.9 Å². The molecule has 0 saturated carbocycles. The Bertz CT molecular complexity index is 514. The van der Waals surface area contributed by atoms with Gasteiger partial charge in [0.05, 0.1) is 14.2 Å². The van der Waals surface area contributed by atoms with Gasteiger partial charge in [-0.3, -0.25) is 0 Å². The topological polar surface area (TPSA) is 114 Å². The minimum absolute atomic E-state index is 0.679. The summed E-state index contributed by atoms with van der Waals surface area (Å²) in [7, 11) is 2.42. The fourth-order valence-corrected chi connectivity index (χ4v) is 1.73. The van der Waals surface area contributed by atoms with Gasteiger partial charge in [0.15, 0.2) is 12.1 Å². The Hall–Kier alpha value is -2.78. The molecule has 2 unspecified atom stereocenters. The number of ether oxygens (including phenoxy) is 2. The zero-order valence-electron chi connectivity index (χ0n) is 10.8. The lowest BCUT2D eigenvalue weighted by atomic mass is 10.1. The number of nitrogens with zero attached hydrogens (tertiary/aromatic N) is 6. The molecule has 0 bridgehead atoms. The molecule has 2 rings (SSSR count). The molecule has 2 aromatic rings. The lowest BCUT2D eigenvalue weighted by Crippen LogP contribution is -2.36. The largest absolute Gasteiger partial charge is 0.467 e. The monoisotopic (exact) mass is 280 g/mol. The van der Waals surface area contributed by atoms with Gasteiger partial charge in [-0.2, -0.15) is 10.2 Å². The zero-order chi connectivity index (χ0) is 14.5. The van der Waals surface area contributed by atoms with E-state index < -0.39 is 24.0 Å². The van der Waals surface area contributed by atoms with Crippen LogP contribution in [0, 0.1) is 0 Å². The van der Waals surface area contributed by atoms with Crippen LogP contribution in [0.15, 0.2) is 25.3 Å². The number of esters is 2. The van der Waals surface area contributed by atoms with Gasteiger partial charge in [0.2, 0.25) is 0 Å². The summed E-state index contributed by atoms with van der Waals surface area (Å²) in [4.78, 5) is 31.5. The fraction of sp³-hybridized carbons (Fsp3) is 0.400. The Morgan fingerprint density at radius 3 is 1.55 bits per heavy atom. The molecule has 0 aromatic carbocycles. The average Bonchev–Trinajstić information content (AvgIpc) is 3.15. The summed E-state index contributed by atoms with van der Waals surface area (Å²) in [5.74, 6) is -1.36. The highest BCUT2D eigenvalue weighted by Gasteiger charge is 2.39. The molecule has 2 aromatic heterocycles. The molecular formula is C10H12N6O4. The number of hydrogen-bond acceptors (Lipinski definition) is 8. The molecule has 0 aliphatic carbocycles. The summed E-state index contributed by atoms with van der Waals surface area (Å²) in [6.45, 7) is 0. The third-order valence-corrected chi connectivity index (χ3v) is 2.63. The quantitative estimate of drug-likeness (QED) is 0.640. The van der Waals surface area contributed by atoms with Crippen LogP contribution >= 0.6 is 0 Å². The van der Waals surface area contributed by atoms with Crippen molar-refractivity contribution in [2.24, 2.45) is 0 Å². The van der Waals surface area contributed by atoms with Gasteiger partial charge >= 0.3 is 11.9 Å². The maximum Gasteiger partial charge on any atom is 0.333 e. The van der Waals surface area contributed by atoms with Gasteiger partial charge in [0.25, 0.3) is 0 Å². The first kappa shape index (κ1) is 13.6. The molecule has 0 fully saturated rings. The van der Waals surface area contributed by atoms with Crippen LogP contribution in [0.5, 0.6) is 0 Å². The molecule has 106 valence electrons. The van der Waals surface area contributed by atoms with E-state index in [1.165, 1.54) is 48.9 Å². The summed E-state index contributed by atoms with van der Waals surface area (Å²) >= 11 is 0. The van der Waals surface area contributed by atoms with Crippen LogP contribution < -0.4 is 0 Å². The molecule has 0 saturated heterocycles. The number of methoxy groups -OCH3 is 2. The highest BCUT2D eigenvalue weighted by molar-refractivity contribution is 5.84. The maximum atomic E-state index is 12.0.